The molecule has 1 aromatic rings. The SMILES string of the molecule is Cc1cc(OCC(=O)O)ccc1NC(=O)C(C)CC1CCCC1. The second-order valence-corrected chi connectivity index (χ2v) is 6.44. The highest BCUT2D eigenvalue weighted by Crippen LogP contribution is 2.31. The quantitative estimate of drug-likeness (QED) is 0.805. The Balaban J connectivity index is 1.90. The molecule has 2 N–H and O–H groups in total. The zero-order valence-electron chi connectivity index (χ0n) is 13.8. The molecule has 5 nitrogen and oxygen atoms in total. The highest BCUT2D eigenvalue weighted by Gasteiger charge is 2.22. The molecule has 1 aliphatic carbocycles. The van der Waals surface area contributed by atoms with Crippen LogP contribution in [-0.2, 0) is 9.59 Å². The molecule has 0 spiro atoms. The van der Waals surface area contributed by atoms with Gasteiger partial charge in [0.2, 0.25) is 5.91 Å². The molecule has 1 amide bonds. The number of hydrogen-bond donors (Lipinski definition) is 2. The monoisotopic (exact) mass is 319 g/mol. The Morgan fingerprint density at radius 1 is 1.35 bits per heavy atom. The minimum Gasteiger partial charge on any atom is -0.482 e. The van der Waals surface area contributed by atoms with Crippen molar-refractivity contribution < 1.29 is 19.4 Å². The predicted molar refractivity (Wildman–Crippen MR) is 88.7 cm³/mol. The molecule has 0 aromatic heterocycles. The normalized spacial score (nSPS) is 16.1. The van der Waals surface area contributed by atoms with E-state index < -0.39 is 5.97 Å². The third-order valence-electron chi connectivity index (χ3n) is 4.43. The Morgan fingerprint density at radius 3 is 2.65 bits per heavy atom. The molecule has 5 heteroatoms. The minimum absolute atomic E-state index is 0.000405. The van der Waals surface area contributed by atoms with Crippen LogP contribution in [-0.4, -0.2) is 23.6 Å². The van der Waals surface area contributed by atoms with Gasteiger partial charge in [-0.15, -0.1) is 0 Å². The maximum Gasteiger partial charge on any atom is 0.341 e. The van der Waals surface area contributed by atoms with Crippen molar-refractivity contribution in [2.45, 2.75) is 46.0 Å². The first-order valence-electron chi connectivity index (χ1n) is 8.22. The number of aryl methyl sites for hydroxylation is 1. The van der Waals surface area contributed by atoms with Crippen LogP contribution in [0.25, 0.3) is 0 Å². The molecule has 2 rings (SSSR count). The van der Waals surface area contributed by atoms with Crippen LogP contribution in [0.1, 0.15) is 44.6 Å². The third kappa shape index (κ3) is 5.27. The predicted octanol–water partition coefficient (Wildman–Crippen LogP) is 3.61. The standard InChI is InChI=1S/C18H25NO4/c1-12-10-15(23-11-17(20)21)7-8-16(12)19-18(22)13(2)9-14-5-3-4-6-14/h7-8,10,13-14H,3-6,9,11H2,1-2H3,(H,19,22)(H,20,21). The van der Waals surface area contributed by atoms with Gasteiger partial charge in [-0.05, 0) is 43.0 Å². The number of hydrogen-bond acceptors (Lipinski definition) is 3. The van der Waals surface area contributed by atoms with E-state index in [1.54, 1.807) is 18.2 Å². The number of carbonyl (C=O) groups is 2. The lowest BCUT2D eigenvalue weighted by Gasteiger charge is -2.17. The van der Waals surface area contributed by atoms with Gasteiger partial charge in [-0.3, -0.25) is 4.79 Å². The highest BCUT2D eigenvalue weighted by atomic mass is 16.5. The fourth-order valence-corrected chi connectivity index (χ4v) is 3.12. The maximum atomic E-state index is 12.3. The zero-order chi connectivity index (χ0) is 16.8. The summed E-state index contributed by atoms with van der Waals surface area (Å²) in [6.45, 7) is 3.47. The molecule has 1 aromatic carbocycles. The van der Waals surface area contributed by atoms with Gasteiger partial charge >= 0.3 is 5.97 Å². The molecule has 0 aliphatic heterocycles. The zero-order valence-corrected chi connectivity index (χ0v) is 13.8. The number of carboxylic acids is 1. The summed E-state index contributed by atoms with van der Waals surface area (Å²) in [5.74, 6) is 0.200. The molecule has 0 radical (unpaired) electrons. The van der Waals surface area contributed by atoms with Crippen molar-refractivity contribution in [1.29, 1.82) is 0 Å². The van der Waals surface area contributed by atoms with Crippen LogP contribution >= 0.6 is 0 Å². The van der Waals surface area contributed by atoms with E-state index >= 15 is 0 Å². The van der Waals surface area contributed by atoms with Crippen molar-refractivity contribution in [3.8, 4) is 5.75 Å². The maximum absolute atomic E-state index is 12.3. The van der Waals surface area contributed by atoms with Gasteiger partial charge in [0.15, 0.2) is 6.61 Å². The van der Waals surface area contributed by atoms with Crippen LogP contribution in [0.2, 0.25) is 0 Å². The summed E-state index contributed by atoms with van der Waals surface area (Å²) < 4.78 is 5.13. The van der Waals surface area contributed by atoms with E-state index in [1.807, 2.05) is 13.8 Å². The first kappa shape index (κ1) is 17.3. The molecule has 0 heterocycles. The number of carbonyl (C=O) groups excluding carboxylic acids is 1. The lowest BCUT2D eigenvalue weighted by atomic mass is 9.94. The highest BCUT2D eigenvalue weighted by molar-refractivity contribution is 5.93. The van der Waals surface area contributed by atoms with Crippen molar-refractivity contribution in [2.24, 2.45) is 11.8 Å². The summed E-state index contributed by atoms with van der Waals surface area (Å²) in [4.78, 5) is 22.8. The lowest BCUT2D eigenvalue weighted by molar-refractivity contribution is -0.139. The summed E-state index contributed by atoms with van der Waals surface area (Å²) >= 11 is 0. The average molecular weight is 319 g/mol. The first-order chi connectivity index (χ1) is 11.0. The van der Waals surface area contributed by atoms with Gasteiger partial charge in [-0.1, -0.05) is 32.6 Å². The molecular formula is C18H25NO4. The molecule has 1 fully saturated rings. The van der Waals surface area contributed by atoms with Gasteiger partial charge in [0.1, 0.15) is 5.75 Å². The van der Waals surface area contributed by atoms with Crippen molar-refractivity contribution in [3.63, 3.8) is 0 Å². The van der Waals surface area contributed by atoms with E-state index in [4.69, 9.17) is 9.84 Å². The number of nitrogens with one attached hydrogen (secondary N) is 1. The summed E-state index contributed by atoms with van der Waals surface area (Å²) in [5.41, 5.74) is 1.60. The molecule has 1 unspecified atom stereocenters. The molecule has 1 atom stereocenters. The van der Waals surface area contributed by atoms with Gasteiger partial charge < -0.3 is 15.2 Å². The third-order valence-corrected chi connectivity index (χ3v) is 4.43. The van der Waals surface area contributed by atoms with Crippen molar-refractivity contribution in [1.82, 2.24) is 0 Å². The molecule has 1 saturated carbocycles. The van der Waals surface area contributed by atoms with Crippen LogP contribution in [0.15, 0.2) is 18.2 Å². The van der Waals surface area contributed by atoms with Crippen molar-refractivity contribution in [3.05, 3.63) is 23.8 Å². The number of anilines is 1. The second kappa shape index (κ2) is 7.99. The fraction of sp³-hybridized carbons (Fsp3) is 0.556. The van der Waals surface area contributed by atoms with Gasteiger partial charge in [-0.25, -0.2) is 4.79 Å². The number of rotatable bonds is 7. The Labute approximate surface area is 137 Å². The smallest absolute Gasteiger partial charge is 0.341 e. The molecule has 0 saturated heterocycles. The van der Waals surface area contributed by atoms with E-state index in [0.29, 0.717) is 11.7 Å². The van der Waals surface area contributed by atoms with E-state index in [9.17, 15) is 9.59 Å². The van der Waals surface area contributed by atoms with E-state index in [2.05, 4.69) is 5.32 Å². The average Bonchev–Trinajstić information content (AvgIpc) is 3.00. The van der Waals surface area contributed by atoms with Gasteiger partial charge in [0.05, 0.1) is 0 Å². The van der Waals surface area contributed by atoms with E-state index in [1.165, 1.54) is 25.7 Å². The number of aliphatic carboxylic acids is 1. The van der Waals surface area contributed by atoms with E-state index in [-0.39, 0.29) is 18.4 Å². The number of benzene rings is 1. The van der Waals surface area contributed by atoms with Gasteiger partial charge in [0.25, 0.3) is 0 Å². The number of amides is 1. The Kier molecular flexibility index (Phi) is 6.02. The fourth-order valence-electron chi connectivity index (χ4n) is 3.12. The Bertz CT molecular complexity index is 564. The second-order valence-electron chi connectivity index (χ2n) is 6.44. The van der Waals surface area contributed by atoms with Crippen LogP contribution < -0.4 is 10.1 Å². The van der Waals surface area contributed by atoms with Crippen LogP contribution in [0.5, 0.6) is 5.75 Å². The van der Waals surface area contributed by atoms with Crippen molar-refractivity contribution >= 4 is 17.6 Å². The molecule has 126 valence electrons. The van der Waals surface area contributed by atoms with Crippen LogP contribution in [0.3, 0.4) is 0 Å². The molecular weight excluding hydrogens is 294 g/mol. The van der Waals surface area contributed by atoms with Gasteiger partial charge in [0, 0.05) is 11.6 Å². The Hall–Kier alpha value is -2.04. The summed E-state index contributed by atoms with van der Waals surface area (Å²) in [7, 11) is 0. The van der Waals surface area contributed by atoms with Crippen LogP contribution in [0.4, 0.5) is 5.69 Å². The topological polar surface area (TPSA) is 75.6 Å². The first-order valence-corrected chi connectivity index (χ1v) is 8.22. The molecule has 0 bridgehead atoms. The lowest BCUT2D eigenvalue weighted by Crippen LogP contribution is -2.22. The molecule has 1 aliphatic rings. The summed E-state index contributed by atoms with van der Waals surface area (Å²) in [5, 5.41) is 11.6. The number of ether oxygens (including phenoxy) is 1. The van der Waals surface area contributed by atoms with Gasteiger partial charge in [-0.2, -0.15) is 0 Å². The van der Waals surface area contributed by atoms with Crippen molar-refractivity contribution in [2.75, 3.05) is 11.9 Å². The Morgan fingerprint density at radius 2 is 2.04 bits per heavy atom. The molecule has 23 heavy (non-hydrogen) atoms. The minimum atomic E-state index is -1.01. The van der Waals surface area contributed by atoms with E-state index in [0.717, 1.165) is 17.7 Å². The largest absolute Gasteiger partial charge is 0.482 e. The number of carboxylic acid groups (broad SMARTS) is 1. The summed E-state index contributed by atoms with van der Waals surface area (Å²) in [6, 6.07) is 5.17. The van der Waals surface area contributed by atoms with Crippen LogP contribution in [0, 0.1) is 18.8 Å². The summed E-state index contributed by atoms with van der Waals surface area (Å²) in [6.07, 6.45) is 6.01.